The van der Waals surface area contributed by atoms with Crippen molar-refractivity contribution in [3.63, 3.8) is 0 Å². The van der Waals surface area contributed by atoms with E-state index in [4.69, 9.17) is 5.73 Å². The predicted octanol–water partition coefficient (Wildman–Crippen LogP) is 2.97. The van der Waals surface area contributed by atoms with E-state index in [1.54, 1.807) is 0 Å². The number of nitrogens with two attached hydrogens (primary N) is 1. The first kappa shape index (κ1) is 14.1. The van der Waals surface area contributed by atoms with Gasteiger partial charge in [0.1, 0.15) is 11.6 Å². The van der Waals surface area contributed by atoms with Crippen molar-refractivity contribution >= 4 is 17.6 Å². The average Bonchev–Trinajstić information content (AvgIpc) is 2.39. The number of aryl methyl sites for hydroxylation is 1. The van der Waals surface area contributed by atoms with Gasteiger partial charge in [-0.3, -0.25) is 0 Å². The molecule has 0 radical (unpaired) electrons. The van der Waals surface area contributed by atoms with E-state index in [0.29, 0.717) is 0 Å². The summed E-state index contributed by atoms with van der Waals surface area (Å²) in [4.78, 5) is 8.35. The van der Waals surface area contributed by atoms with E-state index >= 15 is 0 Å². The van der Waals surface area contributed by atoms with Gasteiger partial charge in [0.05, 0.1) is 0 Å². The van der Waals surface area contributed by atoms with Gasteiger partial charge in [-0.1, -0.05) is 29.8 Å². The Kier molecular flexibility index (Phi) is 4.40. The first-order valence-electron chi connectivity index (χ1n) is 6.80. The third-order valence-corrected chi connectivity index (χ3v) is 3.04. The SMILES string of the molecule is CCNc1cc(NC(C)c2ccc(C)cc2)nc(N)n1. The highest BCUT2D eigenvalue weighted by atomic mass is 15.1. The predicted molar refractivity (Wildman–Crippen MR) is 83.8 cm³/mol. The number of hydrogen-bond donors (Lipinski definition) is 3. The molecule has 0 amide bonds. The molecule has 4 N–H and O–H groups in total. The molecule has 0 bridgehead atoms. The largest absolute Gasteiger partial charge is 0.370 e. The zero-order chi connectivity index (χ0) is 14.5. The van der Waals surface area contributed by atoms with E-state index in [2.05, 4.69) is 58.7 Å². The van der Waals surface area contributed by atoms with Crippen LogP contribution in [-0.2, 0) is 0 Å². The van der Waals surface area contributed by atoms with Gasteiger partial charge in [0.2, 0.25) is 5.95 Å². The Labute approximate surface area is 119 Å². The summed E-state index contributed by atoms with van der Waals surface area (Å²) in [5, 5.41) is 6.48. The molecule has 106 valence electrons. The fourth-order valence-electron chi connectivity index (χ4n) is 1.97. The van der Waals surface area contributed by atoms with Gasteiger partial charge in [-0.25, -0.2) is 0 Å². The lowest BCUT2D eigenvalue weighted by molar-refractivity contribution is 0.872. The highest BCUT2D eigenvalue weighted by Crippen LogP contribution is 2.20. The minimum absolute atomic E-state index is 0.152. The molecular formula is C15H21N5. The van der Waals surface area contributed by atoms with Crippen LogP contribution in [0, 0.1) is 6.92 Å². The Morgan fingerprint density at radius 2 is 1.80 bits per heavy atom. The summed E-state index contributed by atoms with van der Waals surface area (Å²) in [7, 11) is 0. The Balaban J connectivity index is 2.14. The van der Waals surface area contributed by atoms with Crippen LogP contribution >= 0.6 is 0 Å². The van der Waals surface area contributed by atoms with Crippen molar-refractivity contribution in [3.05, 3.63) is 41.5 Å². The first-order chi connectivity index (χ1) is 9.58. The van der Waals surface area contributed by atoms with Gasteiger partial charge in [0.15, 0.2) is 0 Å². The number of nitrogens with zero attached hydrogens (tertiary/aromatic N) is 2. The standard InChI is InChI=1S/C15H21N5/c1-4-17-13-9-14(20-15(16)19-13)18-11(3)12-7-5-10(2)6-8-12/h5-9,11H,4H2,1-3H3,(H4,16,17,18,19,20). The van der Waals surface area contributed by atoms with Crippen molar-refractivity contribution in [2.75, 3.05) is 22.9 Å². The van der Waals surface area contributed by atoms with Crippen LogP contribution < -0.4 is 16.4 Å². The highest BCUT2D eigenvalue weighted by Gasteiger charge is 2.08. The van der Waals surface area contributed by atoms with E-state index < -0.39 is 0 Å². The molecule has 2 aromatic rings. The van der Waals surface area contributed by atoms with Crippen molar-refractivity contribution < 1.29 is 0 Å². The average molecular weight is 271 g/mol. The quantitative estimate of drug-likeness (QED) is 0.779. The number of rotatable bonds is 5. The number of anilines is 3. The van der Waals surface area contributed by atoms with Crippen LogP contribution in [-0.4, -0.2) is 16.5 Å². The fourth-order valence-corrected chi connectivity index (χ4v) is 1.97. The lowest BCUT2D eigenvalue weighted by atomic mass is 10.1. The zero-order valence-electron chi connectivity index (χ0n) is 12.1. The highest BCUT2D eigenvalue weighted by molar-refractivity contribution is 5.52. The molecule has 1 unspecified atom stereocenters. The third kappa shape index (κ3) is 3.60. The fraction of sp³-hybridized carbons (Fsp3) is 0.333. The molecule has 20 heavy (non-hydrogen) atoms. The lowest BCUT2D eigenvalue weighted by Gasteiger charge is -2.16. The minimum atomic E-state index is 0.152. The molecule has 0 saturated heterocycles. The van der Waals surface area contributed by atoms with Gasteiger partial charge in [0.25, 0.3) is 0 Å². The monoisotopic (exact) mass is 271 g/mol. The molecule has 1 atom stereocenters. The minimum Gasteiger partial charge on any atom is -0.370 e. The summed E-state index contributed by atoms with van der Waals surface area (Å²) in [5.41, 5.74) is 8.18. The maximum Gasteiger partial charge on any atom is 0.223 e. The van der Waals surface area contributed by atoms with E-state index in [1.807, 2.05) is 13.0 Å². The lowest BCUT2D eigenvalue weighted by Crippen LogP contribution is -2.11. The van der Waals surface area contributed by atoms with Gasteiger partial charge in [-0.05, 0) is 26.3 Å². The summed E-state index contributed by atoms with van der Waals surface area (Å²) >= 11 is 0. The Hall–Kier alpha value is -2.30. The molecule has 0 spiro atoms. The second kappa shape index (κ2) is 6.23. The maximum absolute atomic E-state index is 5.72. The van der Waals surface area contributed by atoms with Crippen molar-refractivity contribution in [1.29, 1.82) is 0 Å². The topological polar surface area (TPSA) is 75.9 Å². The van der Waals surface area contributed by atoms with Gasteiger partial charge in [0, 0.05) is 18.7 Å². The maximum atomic E-state index is 5.72. The molecule has 5 nitrogen and oxygen atoms in total. The van der Waals surface area contributed by atoms with Crippen LogP contribution in [0.3, 0.4) is 0 Å². The summed E-state index contributed by atoms with van der Waals surface area (Å²) in [5.74, 6) is 1.72. The Morgan fingerprint density at radius 1 is 1.15 bits per heavy atom. The number of nitrogens with one attached hydrogen (secondary N) is 2. The summed E-state index contributed by atoms with van der Waals surface area (Å²) in [6.07, 6.45) is 0. The number of benzene rings is 1. The van der Waals surface area contributed by atoms with Crippen molar-refractivity contribution in [3.8, 4) is 0 Å². The molecule has 5 heteroatoms. The summed E-state index contributed by atoms with van der Waals surface area (Å²) in [6, 6.07) is 10.5. The van der Waals surface area contributed by atoms with E-state index in [0.717, 1.165) is 18.2 Å². The van der Waals surface area contributed by atoms with E-state index in [-0.39, 0.29) is 12.0 Å². The van der Waals surface area contributed by atoms with E-state index in [1.165, 1.54) is 11.1 Å². The number of nitrogen functional groups attached to an aromatic ring is 1. The smallest absolute Gasteiger partial charge is 0.223 e. The van der Waals surface area contributed by atoms with Crippen LogP contribution in [0.2, 0.25) is 0 Å². The number of aromatic nitrogens is 2. The Bertz CT molecular complexity index is 565. The first-order valence-corrected chi connectivity index (χ1v) is 6.80. The van der Waals surface area contributed by atoms with Crippen LogP contribution in [0.25, 0.3) is 0 Å². The number of hydrogen-bond acceptors (Lipinski definition) is 5. The van der Waals surface area contributed by atoms with E-state index in [9.17, 15) is 0 Å². The van der Waals surface area contributed by atoms with Gasteiger partial charge in [-0.2, -0.15) is 9.97 Å². The van der Waals surface area contributed by atoms with Crippen molar-refractivity contribution in [1.82, 2.24) is 9.97 Å². The van der Waals surface area contributed by atoms with Crippen LogP contribution in [0.4, 0.5) is 17.6 Å². The molecule has 0 aliphatic carbocycles. The second-order valence-corrected chi connectivity index (χ2v) is 4.80. The van der Waals surface area contributed by atoms with Gasteiger partial charge < -0.3 is 16.4 Å². The van der Waals surface area contributed by atoms with Crippen molar-refractivity contribution in [2.24, 2.45) is 0 Å². The molecule has 1 heterocycles. The second-order valence-electron chi connectivity index (χ2n) is 4.80. The molecule has 0 saturated carbocycles. The molecule has 0 aliphatic rings. The zero-order valence-corrected chi connectivity index (χ0v) is 12.1. The third-order valence-electron chi connectivity index (χ3n) is 3.04. The molecular weight excluding hydrogens is 250 g/mol. The van der Waals surface area contributed by atoms with Crippen molar-refractivity contribution in [2.45, 2.75) is 26.8 Å². The normalized spacial score (nSPS) is 11.9. The Morgan fingerprint density at radius 3 is 2.45 bits per heavy atom. The molecule has 0 fully saturated rings. The molecule has 1 aromatic heterocycles. The molecule has 1 aromatic carbocycles. The summed E-state index contributed by atoms with van der Waals surface area (Å²) in [6.45, 7) is 6.98. The summed E-state index contributed by atoms with van der Waals surface area (Å²) < 4.78 is 0. The van der Waals surface area contributed by atoms with Crippen LogP contribution in [0.5, 0.6) is 0 Å². The van der Waals surface area contributed by atoms with Crippen LogP contribution in [0.15, 0.2) is 30.3 Å². The van der Waals surface area contributed by atoms with Gasteiger partial charge >= 0.3 is 0 Å². The van der Waals surface area contributed by atoms with Crippen LogP contribution in [0.1, 0.15) is 31.0 Å². The molecule has 2 rings (SSSR count). The molecule has 0 aliphatic heterocycles. The van der Waals surface area contributed by atoms with Gasteiger partial charge in [-0.15, -0.1) is 0 Å².